The molecule has 4 rings (SSSR count). The van der Waals surface area contributed by atoms with Gasteiger partial charge >= 0.3 is 0 Å². The Bertz CT molecular complexity index is 906. The van der Waals surface area contributed by atoms with Gasteiger partial charge in [0, 0.05) is 12.1 Å². The van der Waals surface area contributed by atoms with Crippen LogP contribution in [0.15, 0.2) is 60.9 Å². The lowest BCUT2D eigenvalue weighted by Gasteiger charge is -2.28. The summed E-state index contributed by atoms with van der Waals surface area (Å²) in [6.45, 7) is 0. The van der Waals surface area contributed by atoms with Crippen LogP contribution in [0.25, 0.3) is 11.1 Å². The van der Waals surface area contributed by atoms with E-state index in [0.29, 0.717) is 17.9 Å². The number of aromatic nitrogens is 2. The zero-order valence-electron chi connectivity index (χ0n) is 15.7. The Kier molecular flexibility index (Phi) is 5.39. The molecule has 0 atom stereocenters. The molecule has 6 heteroatoms. The van der Waals surface area contributed by atoms with Crippen LogP contribution in [-0.2, 0) is 0 Å². The molecule has 1 aliphatic rings. The van der Waals surface area contributed by atoms with Crippen LogP contribution in [0, 0.1) is 0 Å². The number of benzene rings is 2. The molecule has 1 heterocycles. The monoisotopic (exact) mass is 375 g/mol. The number of hydrogen-bond donors (Lipinski definition) is 3. The van der Waals surface area contributed by atoms with Crippen molar-refractivity contribution < 1.29 is 4.74 Å². The molecule has 28 heavy (non-hydrogen) atoms. The highest BCUT2D eigenvalue weighted by molar-refractivity contribution is 5.83. The fourth-order valence-corrected chi connectivity index (χ4v) is 3.56. The molecule has 0 unspecified atom stereocenters. The van der Waals surface area contributed by atoms with Gasteiger partial charge in [0.25, 0.3) is 0 Å². The minimum Gasteiger partial charge on any atom is -0.457 e. The van der Waals surface area contributed by atoms with E-state index >= 15 is 0 Å². The number of hydrogen-bond acceptors (Lipinski definition) is 6. The van der Waals surface area contributed by atoms with Gasteiger partial charge in [-0.3, -0.25) is 0 Å². The lowest BCUT2D eigenvalue weighted by Crippen LogP contribution is -2.33. The van der Waals surface area contributed by atoms with Crippen molar-refractivity contribution in [3.8, 4) is 22.6 Å². The summed E-state index contributed by atoms with van der Waals surface area (Å²) in [6.07, 6.45) is 5.63. The first-order valence-electron chi connectivity index (χ1n) is 9.65. The molecule has 1 saturated carbocycles. The number of nitrogens with one attached hydrogen (secondary N) is 1. The van der Waals surface area contributed by atoms with E-state index in [1.807, 2.05) is 54.6 Å². The maximum Gasteiger partial charge on any atom is 0.139 e. The molecule has 0 bridgehead atoms. The lowest BCUT2D eigenvalue weighted by atomic mass is 9.91. The maximum atomic E-state index is 6.20. The third-order valence-corrected chi connectivity index (χ3v) is 5.11. The van der Waals surface area contributed by atoms with Gasteiger partial charge in [0.15, 0.2) is 0 Å². The van der Waals surface area contributed by atoms with Gasteiger partial charge < -0.3 is 21.5 Å². The molecule has 5 N–H and O–H groups in total. The molecule has 6 nitrogen and oxygen atoms in total. The van der Waals surface area contributed by atoms with Crippen LogP contribution >= 0.6 is 0 Å². The van der Waals surface area contributed by atoms with Crippen LogP contribution in [0.2, 0.25) is 0 Å². The molecule has 1 aliphatic carbocycles. The van der Waals surface area contributed by atoms with Crippen LogP contribution in [0.1, 0.15) is 25.7 Å². The van der Waals surface area contributed by atoms with E-state index in [0.717, 1.165) is 54.1 Å². The first-order valence-corrected chi connectivity index (χ1v) is 9.65. The summed E-state index contributed by atoms with van der Waals surface area (Å²) in [5.41, 5.74) is 14.0. The quantitative estimate of drug-likeness (QED) is 0.618. The van der Waals surface area contributed by atoms with E-state index in [4.69, 9.17) is 16.2 Å². The van der Waals surface area contributed by atoms with Crippen LogP contribution in [0.5, 0.6) is 11.5 Å². The van der Waals surface area contributed by atoms with E-state index in [1.54, 1.807) is 0 Å². The van der Waals surface area contributed by atoms with Gasteiger partial charge in [-0.2, -0.15) is 0 Å². The Hall–Kier alpha value is -3.12. The Morgan fingerprint density at radius 1 is 0.857 bits per heavy atom. The second-order valence-electron chi connectivity index (χ2n) is 7.18. The number of nitrogen functional groups attached to an aromatic ring is 1. The lowest BCUT2D eigenvalue weighted by molar-refractivity contribution is 0.410. The molecular formula is C22H25N5O. The predicted octanol–water partition coefficient (Wildman–Crippen LogP) is 4.20. The van der Waals surface area contributed by atoms with E-state index in [9.17, 15) is 0 Å². The average molecular weight is 375 g/mol. The third-order valence-electron chi connectivity index (χ3n) is 5.11. The Morgan fingerprint density at radius 2 is 1.54 bits per heavy atom. The highest BCUT2D eigenvalue weighted by Gasteiger charge is 2.21. The minimum atomic E-state index is 0.310. The molecule has 0 aliphatic heterocycles. The Labute approximate surface area is 165 Å². The largest absolute Gasteiger partial charge is 0.457 e. The minimum absolute atomic E-state index is 0.310. The predicted molar refractivity (Wildman–Crippen MR) is 112 cm³/mol. The number of nitrogens with zero attached hydrogens (tertiary/aromatic N) is 2. The second-order valence-corrected chi connectivity index (χ2v) is 7.18. The molecule has 1 fully saturated rings. The Morgan fingerprint density at radius 3 is 2.25 bits per heavy atom. The van der Waals surface area contributed by atoms with Gasteiger partial charge in [-0.1, -0.05) is 30.3 Å². The maximum absolute atomic E-state index is 6.20. The molecule has 3 aromatic rings. The van der Waals surface area contributed by atoms with Crippen LogP contribution < -0.4 is 21.5 Å². The second kappa shape index (κ2) is 8.27. The summed E-state index contributed by atoms with van der Waals surface area (Å²) in [4.78, 5) is 8.64. The van der Waals surface area contributed by atoms with Gasteiger partial charge in [-0.15, -0.1) is 0 Å². The fraction of sp³-hybridized carbons (Fsp3) is 0.273. The van der Waals surface area contributed by atoms with Crippen molar-refractivity contribution in [2.75, 3.05) is 11.1 Å². The SMILES string of the molecule is Nc1ncnc(N[C@H]2CC[C@@H](N)CC2)c1-c1ccc(Oc2ccccc2)cc1. The van der Waals surface area contributed by atoms with Crippen molar-refractivity contribution in [2.24, 2.45) is 5.73 Å². The number of nitrogens with two attached hydrogens (primary N) is 2. The molecule has 0 radical (unpaired) electrons. The van der Waals surface area contributed by atoms with Crippen LogP contribution in [0.4, 0.5) is 11.6 Å². The van der Waals surface area contributed by atoms with Crippen molar-refractivity contribution >= 4 is 11.6 Å². The summed E-state index contributed by atoms with van der Waals surface area (Å²) < 4.78 is 5.87. The summed E-state index contributed by atoms with van der Waals surface area (Å²) in [5.74, 6) is 2.79. The van der Waals surface area contributed by atoms with Crippen molar-refractivity contribution in [3.05, 3.63) is 60.9 Å². The van der Waals surface area contributed by atoms with Crippen LogP contribution in [0.3, 0.4) is 0 Å². The van der Waals surface area contributed by atoms with Gasteiger partial charge in [-0.25, -0.2) is 9.97 Å². The molecule has 144 valence electrons. The van der Waals surface area contributed by atoms with Crippen LogP contribution in [-0.4, -0.2) is 22.1 Å². The zero-order chi connectivity index (χ0) is 19.3. The van der Waals surface area contributed by atoms with E-state index in [2.05, 4.69) is 15.3 Å². The van der Waals surface area contributed by atoms with E-state index in [1.165, 1.54) is 6.33 Å². The van der Waals surface area contributed by atoms with Crippen molar-refractivity contribution in [3.63, 3.8) is 0 Å². The number of para-hydroxylation sites is 1. The molecule has 0 spiro atoms. The molecular weight excluding hydrogens is 350 g/mol. The standard InChI is InChI=1S/C22H25N5O/c23-16-8-10-17(11-9-16)27-22-20(21(24)25-14-26-22)15-6-12-19(13-7-15)28-18-4-2-1-3-5-18/h1-7,12-14,16-17H,8-11,23H2,(H3,24,25,26,27)/t16-,17+. The van der Waals surface area contributed by atoms with Gasteiger partial charge in [-0.05, 0) is 55.5 Å². The number of ether oxygens (including phenoxy) is 1. The first-order chi connectivity index (χ1) is 13.7. The highest BCUT2D eigenvalue weighted by atomic mass is 16.5. The van der Waals surface area contributed by atoms with Gasteiger partial charge in [0.05, 0.1) is 5.56 Å². The number of rotatable bonds is 5. The Balaban J connectivity index is 1.55. The normalized spacial score (nSPS) is 19.2. The third kappa shape index (κ3) is 4.23. The van der Waals surface area contributed by atoms with Crippen molar-refractivity contribution in [1.82, 2.24) is 9.97 Å². The van der Waals surface area contributed by atoms with Gasteiger partial charge in [0.1, 0.15) is 29.5 Å². The van der Waals surface area contributed by atoms with Crippen molar-refractivity contribution in [2.45, 2.75) is 37.8 Å². The summed E-state index contributed by atoms with van der Waals surface area (Å²) >= 11 is 0. The van der Waals surface area contributed by atoms with E-state index < -0.39 is 0 Å². The number of anilines is 2. The topological polar surface area (TPSA) is 99.1 Å². The zero-order valence-corrected chi connectivity index (χ0v) is 15.7. The molecule has 2 aromatic carbocycles. The molecule has 1 aromatic heterocycles. The summed E-state index contributed by atoms with van der Waals surface area (Å²) in [7, 11) is 0. The summed E-state index contributed by atoms with van der Waals surface area (Å²) in [6, 6.07) is 18.2. The fourth-order valence-electron chi connectivity index (χ4n) is 3.56. The highest BCUT2D eigenvalue weighted by Crippen LogP contribution is 2.34. The van der Waals surface area contributed by atoms with Crippen molar-refractivity contribution in [1.29, 1.82) is 0 Å². The summed E-state index contributed by atoms with van der Waals surface area (Å²) in [5, 5.41) is 3.55. The first kappa shape index (κ1) is 18.3. The molecule has 0 saturated heterocycles. The molecule has 0 amide bonds. The van der Waals surface area contributed by atoms with E-state index in [-0.39, 0.29) is 0 Å². The van der Waals surface area contributed by atoms with Gasteiger partial charge in [0.2, 0.25) is 0 Å². The smallest absolute Gasteiger partial charge is 0.139 e. The average Bonchev–Trinajstić information content (AvgIpc) is 2.72.